The number of benzene rings is 1. The molecule has 0 bridgehead atoms. The fourth-order valence-corrected chi connectivity index (χ4v) is 2.84. The summed E-state index contributed by atoms with van der Waals surface area (Å²) in [5.41, 5.74) is 1.09. The fourth-order valence-electron chi connectivity index (χ4n) is 2.36. The van der Waals surface area contributed by atoms with Crippen LogP contribution in [0.3, 0.4) is 0 Å². The zero-order valence-electron chi connectivity index (χ0n) is 11.5. The zero-order chi connectivity index (χ0) is 14.2. The number of halogens is 2. The van der Waals surface area contributed by atoms with E-state index in [1.54, 1.807) is 6.07 Å². The van der Waals surface area contributed by atoms with E-state index in [1.807, 2.05) is 4.90 Å². The van der Waals surface area contributed by atoms with Gasteiger partial charge in [-0.3, -0.25) is 4.79 Å². The first-order chi connectivity index (χ1) is 8.77. The molecule has 1 heterocycles. The molecule has 104 valence electrons. The first-order valence-corrected chi connectivity index (χ1v) is 7.28. The van der Waals surface area contributed by atoms with Crippen LogP contribution in [0.25, 0.3) is 0 Å². The van der Waals surface area contributed by atoms with Gasteiger partial charge in [0.1, 0.15) is 5.82 Å². The van der Waals surface area contributed by atoms with E-state index in [0.717, 1.165) is 16.6 Å². The van der Waals surface area contributed by atoms with Gasteiger partial charge in [-0.2, -0.15) is 0 Å². The topological polar surface area (TPSA) is 20.3 Å². The largest absolute Gasteiger partial charge is 0.338 e. The number of carbonyl (C=O) groups is 1. The first kappa shape index (κ1) is 14.5. The quantitative estimate of drug-likeness (QED) is 0.804. The second kappa shape index (κ2) is 5.23. The second-order valence-electron chi connectivity index (χ2n) is 6.28. The highest BCUT2D eigenvalue weighted by atomic mass is 79.9. The Labute approximate surface area is 122 Å². The molecule has 1 aliphatic heterocycles. The van der Waals surface area contributed by atoms with Gasteiger partial charge in [-0.25, -0.2) is 4.39 Å². The summed E-state index contributed by atoms with van der Waals surface area (Å²) < 4.78 is 13.8. The molecule has 1 atom stereocenters. The summed E-state index contributed by atoms with van der Waals surface area (Å²) in [6.45, 7) is 7.84. The molecule has 0 aliphatic carbocycles. The highest BCUT2D eigenvalue weighted by Gasteiger charge is 2.36. The summed E-state index contributed by atoms with van der Waals surface area (Å²) in [7, 11) is 0. The van der Waals surface area contributed by atoms with Crippen molar-refractivity contribution in [3.05, 3.63) is 34.1 Å². The number of hydrogen-bond donors (Lipinski definition) is 0. The van der Waals surface area contributed by atoms with Gasteiger partial charge in [0.15, 0.2) is 0 Å². The Hall–Kier alpha value is -0.900. The molecule has 1 aliphatic rings. The van der Waals surface area contributed by atoms with Crippen LogP contribution in [-0.2, 0) is 11.3 Å². The molecule has 1 saturated heterocycles. The average Bonchev–Trinajstić information content (AvgIpc) is 2.64. The minimum atomic E-state index is -0.268. The van der Waals surface area contributed by atoms with Gasteiger partial charge < -0.3 is 4.90 Å². The molecule has 0 N–H and O–H groups in total. The van der Waals surface area contributed by atoms with Crippen LogP contribution in [0, 0.1) is 17.2 Å². The van der Waals surface area contributed by atoms with Crippen molar-refractivity contribution in [3.8, 4) is 0 Å². The van der Waals surface area contributed by atoms with Crippen molar-refractivity contribution in [1.29, 1.82) is 0 Å². The van der Waals surface area contributed by atoms with Crippen LogP contribution in [0.15, 0.2) is 22.7 Å². The van der Waals surface area contributed by atoms with Gasteiger partial charge in [-0.1, -0.05) is 42.8 Å². The van der Waals surface area contributed by atoms with Crippen molar-refractivity contribution in [2.45, 2.75) is 33.7 Å². The van der Waals surface area contributed by atoms with Gasteiger partial charge in [-0.15, -0.1) is 0 Å². The van der Waals surface area contributed by atoms with E-state index >= 15 is 0 Å². The maximum absolute atomic E-state index is 13.0. The lowest BCUT2D eigenvalue weighted by Crippen LogP contribution is -2.27. The van der Waals surface area contributed by atoms with Crippen molar-refractivity contribution >= 4 is 21.8 Å². The Morgan fingerprint density at radius 2 is 2.11 bits per heavy atom. The summed E-state index contributed by atoms with van der Waals surface area (Å²) in [5, 5.41) is 0. The average molecular weight is 328 g/mol. The van der Waals surface area contributed by atoms with E-state index in [-0.39, 0.29) is 17.1 Å². The predicted molar refractivity (Wildman–Crippen MR) is 77.1 cm³/mol. The van der Waals surface area contributed by atoms with Crippen LogP contribution in [0.4, 0.5) is 4.39 Å². The first-order valence-electron chi connectivity index (χ1n) is 6.49. The van der Waals surface area contributed by atoms with Crippen LogP contribution in [0.1, 0.15) is 32.8 Å². The van der Waals surface area contributed by atoms with Crippen LogP contribution >= 0.6 is 15.9 Å². The van der Waals surface area contributed by atoms with Crippen molar-refractivity contribution in [2.24, 2.45) is 11.3 Å². The lowest BCUT2D eigenvalue weighted by molar-refractivity contribution is -0.128. The Morgan fingerprint density at radius 1 is 1.42 bits per heavy atom. The second-order valence-corrected chi connectivity index (χ2v) is 7.13. The zero-order valence-corrected chi connectivity index (χ0v) is 13.1. The van der Waals surface area contributed by atoms with Crippen molar-refractivity contribution in [3.63, 3.8) is 0 Å². The van der Waals surface area contributed by atoms with Gasteiger partial charge in [0.05, 0.1) is 0 Å². The minimum absolute atomic E-state index is 0.143. The lowest BCUT2D eigenvalue weighted by Gasteiger charge is -2.26. The highest BCUT2D eigenvalue weighted by molar-refractivity contribution is 9.10. The molecule has 1 unspecified atom stereocenters. The summed E-state index contributed by atoms with van der Waals surface area (Å²) in [4.78, 5) is 13.9. The predicted octanol–water partition coefficient (Wildman–Crippen LogP) is 3.98. The molecule has 0 aromatic heterocycles. The third kappa shape index (κ3) is 3.35. The molecule has 1 aromatic carbocycles. The van der Waals surface area contributed by atoms with Crippen molar-refractivity contribution in [1.82, 2.24) is 4.90 Å². The molecule has 1 aromatic rings. The summed E-state index contributed by atoms with van der Waals surface area (Å²) in [6, 6.07) is 4.61. The third-order valence-corrected chi connectivity index (χ3v) is 4.55. The van der Waals surface area contributed by atoms with E-state index in [0.29, 0.717) is 18.9 Å². The molecule has 4 heteroatoms. The molecule has 0 saturated carbocycles. The van der Waals surface area contributed by atoms with Gasteiger partial charge in [0, 0.05) is 24.0 Å². The van der Waals surface area contributed by atoms with Crippen LogP contribution in [-0.4, -0.2) is 17.4 Å². The van der Waals surface area contributed by atoms with Gasteiger partial charge in [0.25, 0.3) is 0 Å². The molecular formula is C15H19BrFNO. The van der Waals surface area contributed by atoms with Gasteiger partial charge in [-0.05, 0) is 29.0 Å². The number of nitrogens with zero attached hydrogens (tertiary/aromatic N) is 1. The Morgan fingerprint density at radius 3 is 2.63 bits per heavy atom. The normalized spacial score (nSPS) is 20.2. The lowest BCUT2D eigenvalue weighted by atomic mass is 9.80. The maximum Gasteiger partial charge on any atom is 0.223 e. The molecule has 1 fully saturated rings. The number of likely N-dealkylation sites (tertiary alicyclic amines) is 1. The van der Waals surface area contributed by atoms with E-state index < -0.39 is 0 Å². The van der Waals surface area contributed by atoms with E-state index in [9.17, 15) is 9.18 Å². The number of carbonyl (C=O) groups excluding carboxylic acids is 1. The molecule has 0 spiro atoms. The minimum Gasteiger partial charge on any atom is -0.338 e. The summed E-state index contributed by atoms with van der Waals surface area (Å²) in [5.74, 6) is 0.311. The maximum atomic E-state index is 13.0. The Kier molecular flexibility index (Phi) is 4.00. The third-order valence-electron chi connectivity index (χ3n) is 3.82. The monoisotopic (exact) mass is 327 g/mol. The standard InChI is InChI=1S/C15H19BrFNO/c1-15(2,3)11-6-14(19)18(9-11)8-10-4-5-12(17)7-13(10)16/h4-5,7,11H,6,8-9H2,1-3H3. The molecule has 2 nitrogen and oxygen atoms in total. The number of rotatable bonds is 2. The smallest absolute Gasteiger partial charge is 0.223 e. The van der Waals surface area contributed by atoms with E-state index in [1.165, 1.54) is 12.1 Å². The molecule has 2 rings (SSSR count). The number of amides is 1. The van der Waals surface area contributed by atoms with E-state index in [4.69, 9.17) is 0 Å². The van der Waals surface area contributed by atoms with Crippen LogP contribution in [0.2, 0.25) is 0 Å². The van der Waals surface area contributed by atoms with E-state index in [2.05, 4.69) is 36.7 Å². The Balaban J connectivity index is 2.10. The van der Waals surface area contributed by atoms with Gasteiger partial charge >= 0.3 is 0 Å². The van der Waals surface area contributed by atoms with Crippen molar-refractivity contribution in [2.75, 3.05) is 6.54 Å². The van der Waals surface area contributed by atoms with Gasteiger partial charge in [0.2, 0.25) is 5.91 Å². The summed E-state index contributed by atoms with van der Waals surface area (Å²) in [6.07, 6.45) is 0.613. The SMILES string of the molecule is CC(C)(C)C1CC(=O)N(Cc2ccc(F)cc2Br)C1. The van der Waals surface area contributed by atoms with Crippen molar-refractivity contribution < 1.29 is 9.18 Å². The van der Waals surface area contributed by atoms with Crippen LogP contribution in [0.5, 0.6) is 0 Å². The molecular weight excluding hydrogens is 309 g/mol. The Bertz CT molecular complexity index is 495. The number of hydrogen-bond acceptors (Lipinski definition) is 1. The highest BCUT2D eigenvalue weighted by Crippen LogP contribution is 2.35. The summed E-state index contributed by atoms with van der Waals surface area (Å²) >= 11 is 3.35. The molecule has 0 radical (unpaired) electrons. The van der Waals surface area contributed by atoms with Crippen LogP contribution < -0.4 is 0 Å². The molecule has 1 amide bonds. The molecule has 19 heavy (non-hydrogen) atoms. The fraction of sp³-hybridized carbons (Fsp3) is 0.533.